The van der Waals surface area contributed by atoms with Crippen LogP contribution in [0.1, 0.15) is 29.8 Å². The maximum atomic E-state index is 12.4. The van der Waals surface area contributed by atoms with Crippen molar-refractivity contribution in [1.29, 1.82) is 0 Å². The minimum absolute atomic E-state index is 0.0858. The van der Waals surface area contributed by atoms with Crippen LogP contribution in [0, 0.1) is 6.92 Å². The molecule has 0 saturated heterocycles. The molecule has 6 nitrogen and oxygen atoms in total. The van der Waals surface area contributed by atoms with Gasteiger partial charge in [-0.25, -0.2) is 8.42 Å². The summed E-state index contributed by atoms with van der Waals surface area (Å²) in [6.45, 7) is 5.85. The van der Waals surface area contributed by atoms with E-state index in [0.717, 1.165) is 5.56 Å². The Morgan fingerprint density at radius 1 is 1.04 bits per heavy atom. The van der Waals surface area contributed by atoms with Gasteiger partial charge in [0.15, 0.2) is 0 Å². The molecule has 4 N–H and O–H groups in total. The molecule has 2 aromatic rings. The summed E-state index contributed by atoms with van der Waals surface area (Å²) >= 11 is 0. The largest absolute Gasteiger partial charge is 0.346 e. The van der Waals surface area contributed by atoms with Crippen LogP contribution in [0.4, 0.5) is 5.69 Å². The molecule has 134 valence electrons. The van der Waals surface area contributed by atoms with E-state index in [2.05, 4.69) is 10.0 Å². The Morgan fingerprint density at radius 2 is 1.60 bits per heavy atom. The van der Waals surface area contributed by atoms with E-state index in [1.807, 2.05) is 32.9 Å². The molecule has 7 heteroatoms. The summed E-state index contributed by atoms with van der Waals surface area (Å²) in [6.07, 6.45) is 0. The standard InChI is InChI=1S/C18H23N3O3S/c1-13-4-8-15(9-5-13)21-25(23,24)16-10-6-14(7-11-16)17(22)20-18(2,3)12-19/h4-11,21H,12,19H2,1-3H3,(H,20,22). The normalized spacial score (nSPS) is 11.8. The summed E-state index contributed by atoms with van der Waals surface area (Å²) in [5, 5.41) is 2.80. The van der Waals surface area contributed by atoms with Gasteiger partial charge in [-0.1, -0.05) is 17.7 Å². The minimum Gasteiger partial charge on any atom is -0.346 e. The third-order valence-corrected chi connectivity index (χ3v) is 5.09. The molecule has 0 aliphatic rings. The van der Waals surface area contributed by atoms with Crippen LogP contribution in [-0.2, 0) is 10.0 Å². The van der Waals surface area contributed by atoms with Gasteiger partial charge in [0.1, 0.15) is 0 Å². The molecular weight excluding hydrogens is 338 g/mol. The molecule has 0 aliphatic heterocycles. The van der Waals surface area contributed by atoms with Crippen LogP contribution in [0.2, 0.25) is 0 Å². The number of nitrogens with two attached hydrogens (primary N) is 1. The van der Waals surface area contributed by atoms with Crippen molar-refractivity contribution < 1.29 is 13.2 Å². The fourth-order valence-corrected chi connectivity index (χ4v) is 3.11. The van der Waals surface area contributed by atoms with Crippen LogP contribution in [0.5, 0.6) is 0 Å². The fraction of sp³-hybridized carbons (Fsp3) is 0.278. The predicted octanol–water partition coefficient (Wildman–Crippen LogP) is 2.26. The first-order valence-electron chi connectivity index (χ1n) is 7.85. The summed E-state index contributed by atoms with van der Waals surface area (Å²) in [6, 6.07) is 12.8. The fourth-order valence-electron chi connectivity index (χ4n) is 2.05. The van der Waals surface area contributed by atoms with E-state index < -0.39 is 15.6 Å². The maximum Gasteiger partial charge on any atom is 0.261 e. The van der Waals surface area contributed by atoms with E-state index in [0.29, 0.717) is 17.8 Å². The SMILES string of the molecule is Cc1ccc(NS(=O)(=O)c2ccc(C(=O)NC(C)(C)CN)cc2)cc1. The van der Waals surface area contributed by atoms with Crippen molar-refractivity contribution >= 4 is 21.6 Å². The highest BCUT2D eigenvalue weighted by Gasteiger charge is 2.20. The Bertz CT molecular complexity index is 842. The number of sulfonamides is 1. The van der Waals surface area contributed by atoms with Crippen LogP contribution < -0.4 is 15.8 Å². The second-order valence-corrected chi connectivity index (χ2v) is 8.22. The first kappa shape index (κ1) is 19.0. The molecule has 2 aromatic carbocycles. The number of benzene rings is 2. The molecule has 0 heterocycles. The van der Waals surface area contributed by atoms with Crippen LogP contribution in [0.25, 0.3) is 0 Å². The van der Waals surface area contributed by atoms with Crippen LogP contribution >= 0.6 is 0 Å². The summed E-state index contributed by atoms with van der Waals surface area (Å²) in [5.74, 6) is -0.300. The quantitative estimate of drug-likeness (QED) is 0.734. The van der Waals surface area contributed by atoms with Crippen molar-refractivity contribution in [2.45, 2.75) is 31.2 Å². The van der Waals surface area contributed by atoms with Crippen LogP contribution in [-0.4, -0.2) is 26.4 Å². The molecular formula is C18H23N3O3S. The zero-order valence-corrected chi connectivity index (χ0v) is 15.4. The Morgan fingerprint density at radius 3 is 2.12 bits per heavy atom. The Balaban J connectivity index is 2.15. The average molecular weight is 361 g/mol. The maximum absolute atomic E-state index is 12.4. The topological polar surface area (TPSA) is 101 Å². The van der Waals surface area contributed by atoms with Gasteiger partial charge in [0.05, 0.1) is 4.90 Å². The zero-order valence-electron chi connectivity index (χ0n) is 14.5. The third kappa shape index (κ3) is 5.04. The van der Waals surface area contributed by atoms with Crippen molar-refractivity contribution in [3.8, 4) is 0 Å². The number of amides is 1. The number of aryl methyl sites for hydroxylation is 1. The summed E-state index contributed by atoms with van der Waals surface area (Å²) in [7, 11) is -3.71. The Kier molecular flexibility index (Phi) is 5.49. The Hall–Kier alpha value is -2.38. The summed E-state index contributed by atoms with van der Waals surface area (Å²) < 4.78 is 27.3. The monoisotopic (exact) mass is 361 g/mol. The van der Waals surface area contributed by atoms with E-state index in [1.54, 1.807) is 12.1 Å². The third-order valence-electron chi connectivity index (χ3n) is 3.69. The van der Waals surface area contributed by atoms with E-state index in [-0.39, 0.29) is 10.8 Å². The molecule has 0 atom stereocenters. The number of hydrogen-bond acceptors (Lipinski definition) is 4. The lowest BCUT2D eigenvalue weighted by Crippen LogP contribution is -2.48. The zero-order chi connectivity index (χ0) is 18.7. The average Bonchev–Trinajstić information content (AvgIpc) is 2.56. The molecule has 1 amide bonds. The summed E-state index contributed by atoms with van der Waals surface area (Å²) in [5.41, 5.74) is 6.96. The lowest BCUT2D eigenvalue weighted by Gasteiger charge is -2.24. The second kappa shape index (κ2) is 7.25. The predicted molar refractivity (Wildman–Crippen MR) is 99.0 cm³/mol. The van der Waals surface area contributed by atoms with E-state index >= 15 is 0 Å². The van der Waals surface area contributed by atoms with E-state index in [4.69, 9.17) is 5.73 Å². The van der Waals surface area contributed by atoms with Gasteiger partial charge in [-0.15, -0.1) is 0 Å². The second-order valence-electron chi connectivity index (χ2n) is 6.54. The molecule has 25 heavy (non-hydrogen) atoms. The number of carbonyl (C=O) groups excluding carboxylic acids is 1. The Labute approximate surface area is 148 Å². The van der Waals surface area contributed by atoms with Crippen molar-refractivity contribution in [3.05, 3.63) is 59.7 Å². The van der Waals surface area contributed by atoms with Crippen molar-refractivity contribution in [2.24, 2.45) is 5.73 Å². The molecule has 0 fully saturated rings. The van der Waals surface area contributed by atoms with Gasteiger partial charge in [-0.3, -0.25) is 9.52 Å². The van der Waals surface area contributed by atoms with E-state index in [1.165, 1.54) is 24.3 Å². The number of rotatable bonds is 6. The highest BCUT2D eigenvalue weighted by atomic mass is 32.2. The highest BCUT2D eigenvalue weighted by Crippen LogP contribution is 2.17. The number of carbonyl (C=O) groups is 1. The van der Waals surface area contributed by atoms with Crippen molar-refractivity contribution in [2.75, 3.05) is 11.3 Å². The lowest BCUT2D eigenvalue weighted by molar-refractivity contribution is 0.0915. The van der Waals surface area contributed by atoms with Crippen LogP contribution in [0.3, 0.4) is 0 Å². The number of anilines is 1. The number of nitrogens with one attached hydrogen (secondary N) is 2. The minimum atomic E-state index is -3.71. The molecule has 0 unspecified atom stereocenters. The van der Waals surface area contributed by atoms with Gasteiger partial charge in [0.25, 0.3) is 15.9 Å². The lowest BCUT2D eigenvalue weighted by atomic mass is 10.1. The van der Waals surface area contributed by atoms with Gasteiger partial charge in [-0.2, -0.15) is 0 Å². The molecule has 0 aliphatic carbocycles. The first-order valence-corrected chi connectivity index (χ1v) is 9.33. The van der Waals surface area contributed by atoms with E-state index in [9.17, 15) is 13.2 Å². The first-order chi connectivity index (χ1) is 11.6. The van der Waals surface area contributed by atoms with Crippen molar-refractivity contribution in [3.63, 3.8) is 0 Å². The van der Waals surface area contributed by atoms with Gasteiger partial charge >= 0.3 is 0 Å². The van der Waals surface area contributed by atoms with Crippen LogP contribution in [0.15, 0.2) is 53.4 Å². The van der Waals surface area contributed by atoms with Gasteiger partial charge in [0, 0.05) is 23.3 Å². The molecule has 0 aromatic heterocycles. The molecule has 0 spiro atoms. The smallest absolute Gasteiger partial charge is 0.261 e. The number of hydrogen-bond donors (Lipinski definition) is 3. The van der Waals surface area contributed by atoms with Gasteiger partial charge in [-0.05, 0) is 57.2 Å². The molecule has 2 rings (SSSR count). The molecule has 0 radical (unpaired) electrons. The molecule has 0 saturated carbocycles. The van der Waals surface area contributed by atoms with Gasteiger partial charge < -0.3 is 11.1 Å². The highest BCUT2D eigenvalue weighted by molar-refractivity contribution is 7.92. The van der Waals surface area contributed by atoms with Crippen molar-refractivity contribution in [1.82, 2.24) is 5.32 Å². The summed E-state index contributed by atoms with van der Waals surface area (Å²) in [4.78, 5) is 12.3. The molecule has 0 bridgehead atoms. The van der Waals surface area contributed by atoms with Gasteiger partial charge in [0.2, 0.25) is 0 Å².